The molecule has 0 amide bonds. The number of aliphatic carboxylic acids is 1. The van der Waals surface area contributed by atoms with Crippen LogP contribution in [-0.4, -0.2) is 33.5 Å². The van der Waals surface area contributed by atoms with Crippen LogP contribution in [0.1, 0.15) is 25.0 Å². The zero-order chi connectivity index (χ0) is 17.1. The second-order valence-corrected chi connectivity index (χ2v) is 5.86. The van der Waals surface area contributed by atoms with E-state index in [4.69, 9.17) is 4.42 Å². The molecule has 24 heavy (non-hydrogen) atoms. The molecule has 1 aliphatic rings. The Labute approximate surface area is 138 Å². The van der Waals surface area contributed by atoms with Gasteiger partial charge in [0.05, 0.1) is 17.0 Å². The predicted molar refractivity (Wildman–Crippen MR) is 86.5 cm³/mol. The SMILES string of the molecule is O=C(O)C1CCCCN1Cc1ccc(-c2ccccc2[N+](=O)[O-])o1. The number of rotatable bonds is 5. The first-order valence-corrected chi connectivity index (χ1v) is 7.85. The Morgan fingerprint density at radius 3 is 2.83 bits per heavy atom. The van der Waals surface area contributed by atoms with Gasteiger partial charge in [-0.2, -0.15) is 0 Å². The van der Waals surface area contributed by atoms with E-state index >= 15 is 0 Å². The van der Waals surface area contributed by atoms with Gasteiger partial charge in [0.2, 0.25) is 0 Å². The first-order valence-electron chi connectivity index (χ1n) is 7.85. The smallest absolute Gasteiger partial charge is 0.320 e. The third-order valence-electron chi connectivity index (χ3n) is 4.29. The topological polar surface area (TPSA) is 96.8 Å². The van der Waals surface area contributed by atoms with Crippen molar-refractivity contribution in [1.29, 1.82) is 0 Å². The maximum Gasteiger partial charge on any atom is 0.320 e. The van der Waals surface area contributed by atoms with Crippen molar-refractivity contribution in [1.82, 2.24) is 4.90 Å². The highest BCUT2D eigenvalue weighted by atomic mass is 16.6. The van der Waals surface area contributed by atoms with Crippen LogP contribution in [0.3, 0.4) is 0 Å². The zero-order valence-electron chi connectivity index (χ0n) is 13.1. The van der Waals surface area contributed by atoms with Crippen molar-refractivity contribution in [3.05, 3.63) is 52.3 Å². The van der Waals surface area contributed by atoms with Crippen molar-refractivity contribution in [2.45, 2.75) is 31.8 Å². The van der Waals surface area contributed by atoms with Crippen LogP contribution >= 0.6 is 0 Å². The Hall–Kier alpha value is -2.67. The van der Waals surface area contributed by atoms with Crippen molar-refractivity contribution >= 4 is 11.7 Å². The molecule has 0 saturated carbocycles. The number of furan rings is 1. The van der Waals surface area contributed by atoms with Crippen LogP contribution in [0.2, 0.25) is 0 Å². The second-order valence-electron chi connectivity index (χ2n) is 5.86. The Kier molecular flexibility index (Phi) is 4.61. The number of hydrogen-bond donors (Lipinski definition) is 1. The van der Waals surface area contributed by atoms with E-state index in [-0.39, 0.29) is 5.69 Å². The summed E-state index contributed by atoms with van der Waals surface area (Å²) in [5.74, 6) is 0.206. The lowest BCUT2D eigenvalue weighted by Gasteiger charge is -2.31. The molecule has 1 aromatic heterocycles. The summed E-state index contributed by atoms with van der Waals surface area (Å²) in [7, 11) is 0. The number of carbonyl (C=O) groups is 1. The third kappa shape index (κ3) is 3.30. The molecule has 126 valence electrons. The molecule has 7 nitrogen and oxygen atoms in total. The number of nitrogens with zero attached hydrogens (tertiary/aromatic N) is 2. The predicted octanol–water partition coefficient (Wildman–Crippen LogP) is 3.29. The molecule has 1 atom stereocenters. The van der Waals surface area contributed by atoms with Crippen molar-refractivity contribution in [3.8, 4) is 11.3 Å². The number of likely N-dealkylation sites (tertiary alicyclic amines) is 1. The molecule has 1 aliphatic heterocycles. The van der Waals surface area contributed by atoms with Gasteiger partial charge in [0, 0.05) is 6.07 Å². The van der Waals surface area contributed by atoms with Crippen LogP contribution in [0.5, 0.6) is 0 Å². The zero-order valence-corrected chi connectivity index (χ0v) is 13.1. The summed E-state index contributed by atoms with van der Waals surface area (Å²) in [6.45, 7) is 1.09. The number of carboxylic acids is 1. The molecule has 0 spiro atoms. The average molecular weight is 330 g/mol. The van der Waals surface area contributed by atoms with Gasteiger partial charge in [-0.05, 0) is 37.6 Å². The lowest BCUT2D eigenvalue weighted by molar-refractivity contribution is -0.384. The molecule has 1 fully saturated rings. The highest BCUT2D eigenvalue weighted by Crippen LogP contribution is 2.31. The van der Waals surface area contributed by atoms with Crippen molar-refractivity contribution in [2.75, 3.05) is 6.54 Å². The molecule has 0 aliphatic carbocycles. The van der Waals surface area contributed by atoms with E-state index in [1.807, 2.05) is 4.90 Å². The Morgan fingerprint density at radius 1 is 1.29 bits per heavy atom. The van der Waals surface area contributed by atoms with Crippen LogP contribution in [0.15, 0.2) is 40.8 Å². The van der Waals surface area contributed by atoms with Gasteiger partial charge in [-0.25, -0.2) is 0 Å². The molecular formula is C17H18N2O5. The Morgan fingerprint density at radius 2 is 2.08 bits per heavy atom. The normalized spacial score (nSPS) is 18.4. The maximum atomic E-state index is 11.4. The van der Waals surface area contributed by atoms with Gasteiger partial charge in [-0.3, -0.25) is 19.8 Å². The standard InChI is InChI=1S/C17H18N2O5/c20-17(21)15-7-3-4-10-18(15)11-12-8-9-16(24-12)13-5-1-2-6-14(13)19(22)23/h1-2,5-6,8-9,15H,3-4,7,10-11H2,(H,20,21). The van der Waals surface area contributed by atoms with E-state index in [9.17, 15) is 20.0 Å². The second kappa shape index (κ2) is 6.84. The van der Waals surface area contributed by atoms with E-state index in [0.29, 0.717) is 36.6 Å². The number of nitro groups is 1. The minimum atomic E-state index is -0.819. The number of hydrogen-bond acceptors (Lipinski definition) is 5. The highest BCUT2D eigenvalue weighted by molar-refractivity contribution is 5.73. The minimum Gasteiger partial charge on any atom is -0.480 e. The van der Waals surface area contributed by atoms with Gasteiger partial charge in [-0.15, -0.1) is 0 Å². The van der Waals surface area contributed by atoms with Crippen molar-refractivity contribution < 1.29 is 19.2 Å². The number of benzene rings is 1. The quantitative estimate of drug-likeness (QED) is 0.667. The average Bonchev–Trinajstić information content (AvgIpc) is 3.03. The molecule has 2 aromatic rings. The third-order valence-corrected chi connectivity index (χ3v) is 4.29. The Bertz CT molecular complexity index is 755. The molecule has 1 unspecified atom stereocenters. The van der Waals surface area contributed by atoms with Crippen LogP contribution < -0.4 is 0 Å². The molecule has 2 heterocycles. The fraction of sp³-hybridized carbons (Fsp3) is 0.353. The fourth-order valence-corrected chi connectivity index (χ4v) is 3.11. The molecule has 1 N–H and O–H groups in total. The molecule has 1 saturated heterocycles. The largest absolute Gasteiger partial charge is 0.480 e. The molecule has 7 heteroatoms. The number of nitro benzene ring substituents is 1. The molecule has 1 aromatic carbocycles. The van der Waals surface area contributed by atoms with E-state index in [1.54, 1.807) is 30.3 Å². The monoisotopic (exact) mass is 330 g/mol. The lowest BCUT2D eigenvalue weighted by Crippen LogP contribution is -2.43. The number of para-hydroxylation sites is 1. The highest BCUT2D eigenvalue weighted by Gasteiger charge is 2.29. The first-order chi connectivity index (χ1) is 11.6. The fourth-order valence-electron chi connectivity index (χ4n) is 3.11. The van der Waals surface area contributed by atoms with Gasteiger partial charge < -0.3 is 9.52 Å². The first kappa shape index (κ1) is 16.2. The Balaban J connectivity index is 1.81. The van der Waals surface area contributed by atoms with Crippen molar-refractivity contribution in [3.63, 3.8) is 0 Å². The summed E-state index contributed by atoms with van der Waals surface area (Å²) in [5, 5.41) is 20.4. The summed E-state index contributed by atoms with van der Waals surface area (Å²) < 4.78 is 5.75. The molecule has 0 radical (unpaired) electrons. The summed E-state index contributed by atoms with van der Waals surface area (Å²) in [6.07, 6.45) is 2.50. The van der Waals surface area contributed by atoms with Crippen LogP contribution in [0.4, 0.5) is 5.69 Å². The van der Waals surface area contributed by atoms with E-state index in [0.717, 1.165) is 12.8 Å². The molecule has 0 bridgehead atoms. The maximum absolute atomic E-state index is 11.4. The molecular weight excluding hydrogens is 312 g/mol. The van der Waals surface area contributed by atoms with Crippen LogP contribution in [0.25, 0.3) is 11.3 Å². The summed E-state index contributed by atoms with van der Waals surface area (Å²) in [5.41, 5.74) is 0.405. The van der Waals surface area contributed by atoms with E-state index in [1.165, 1.54) is 6.07 Å². The van der Waals surface area contributed by atoms with Gasteiger partial charge in [-0.1, -0.05) is 18.6 Å². The lowest BCUT2D eigenvalue weighted by atomic mass is 10.0. The summed E-state index contributed by atoms with van der Waals surface area (Å²) in [6, 6.07) is 9.34. The van der Waals surface area contributed by atoms with Crippen LogP contribution in [-0.2, 0) is 11.3 Å². The molecule has 3 rings (SSSR count). The van der Waals surface area contributed by atoms with Crippen molar-refractivity contribution in [2.24, 2.45) is 0 Å². The van der Waals surface area contributed by atoms with Gasteiger partial charge in [0.15, 0.2) is 0 Å². The minimum absolute atomic E-state index is 0.0141. The number of carboxylic acid groups (broad SMARTS) is 1. The summed E-state index contributed by atoms with van der Waals surface area (Å²) in [4.78, 5) is 23.9. The van der Waals surface area contributed by atoms with Gasteiger partial charge in [0.25, 0.3) is 5.69 Å². The van der Waals surface area contributed by atoms with Gasteiger partial charge >= 0.3 is 5.97 Å². The van der Waals surface area contributed by atoms with E-state index in [2.05, 4.69) is 0 Å². The number of piperidine rings is 1. The summed E-state index contributed by atoms with van der Waals surface area (Å²) >= 11 is 0. The van der Waals surface area contributed by atoms with Gasteiger partial charge in [0.1, 0.15) is 17.6 Å². The van der Waals surface area contributed by atoms with Crippen LogP contribution in [0, 0.1) is 10.1 Å². The van der Waals surface area contributed by atoms with E-state index < -0.39 is 16.9 Å².